The first kappa shape index (κ1) is 13.0. The molecule has 0 radical (unpaired) electrons. The molecular formula is C13H18N6O. The molecule has 0 unspecified atom stereocenters. The Hall–Kier alpha value is -2.02. The van der Waals surface area contributed by atoms with Crippen LogP contribution in [0.3, 0.4) is 0 Å². The number of ether oxygens (including phenoxy) is 1. The first-order valence-electron chi connectivity index (χ1n) is 6.77. The summed E-state index contributed by atoms with van der Waals surface area (Å²) < 4.78 is 5.96. The molecule has 1 aliphatic rings. The molecule has 3 heterocycles. The lowest BCUT2D eigenvalue weighted by Gasteiger charge is -2.13. The van der Waals surface area contributed by atoms with Crippen LogP contribution in [0.15, 0.2) is 12.4 Å². The van der Waals surface area contributed by atoms with Gasteiger partial charge < -0.3 is 10.1 Å². The smallest absolute Gasteiger partial charge is 0.179 e. The van der Waals surface area contributed by atoms with Gasteiger partial charge in [0.05, 0.1) is 18.0 Å². The maximum absolute atomic E-state index is 5.96. The predicted octanol–water partition coefficient (Wildman–Crippen LogP) is 1.54. The van der Waals surface area contributed by atoms with Crippen LogP contribution >= 0.6 is 0 Å². The second-order valence-electron chi connectivity index (χ2n) is 5.03. The van der Waals surface area contributed by atoms with Crippen molar-refractivity contribution < 1.29 is 4.74 Å². The highest BCUT2D eigenvalue weighted by Gasteiger charge is 2.29. The molecule has 3 rings (SSSR count). The first-order chi connectivity index (χ1) is 9.70. The van der Waals surface area contributed by atoms with Crippen molar-refractivity contribution in [1.29, 1.82) is 0 Å². The van der Waals surface area contributed by atoms with Crippen LogP contribution in [0.5, 0.6) is 0 Å². The number of hydrogen-bond acceptors (Lipinski definition) is 6. The number of anilines is 1. The van der Waals surface area contributed by atoms with Crippen LogP contribution in [0, 0.1) is 13.8 Å². The van der Waals surface area contributed by atoms with E-state index >= 15 is 0 Å². The zero-order chi connectivity index (χ0) is 13.9. The van der Waals surface area contributed by atoms with Crippen molar-refractivity contribution in [2.24, 2.45) is 0 Å². The molecule has 2 N–H and O–H groups in total. The van der Waals surface area contributed by atoms with Crippen LogP contribution in [-0.4, -0.2) is 37.8 Å². The Labute approximate surface area is 117 Å². The van der Waals surface area contributed by atoms with Crippen molar-refractivity contribution in [1.82, 2.24) is 25.1 Å². The summed E-state index contributed by atoms with van der Waals surface area (Å²) in [5, 5.41) is 10.3. The van der Waals surface area contributed by atoms with Crippen LogP contribution in [0.2, 0.25) is 0 Å². The standard InChI is InChI=1S/C13H18N6O/c1-8-5-14-7-12(16-8)15-6-10-3-4-11(20-10)13-17-9(2)18-19-13/h5,7,10-11H,3-4,6H2,1-2H3,(H,15,16)(H,17,18,19)/t10-,11+/m1/s1. The summed E-state index contributed by atoms with van der Waals surface area (Å²) in [6, 6.07) is 0. The Balaban J connectivity index is 1.53. The molecule has 7 nitrogen and oxygen atoms in total. The molecule has 2 atom stereocenters. The summed E-state index contributed by atoms with van der Waals surface area (Å²) in [5.74, 6) is 2.35. The highest BCUT2D eigenvalue weighted by molar-refractivity contribution is 5.31. The van der Waals surface area contributed by atoms with E-state index in [2.05, 4.69) is 30.5 Å². The van der Waals surface area contributed by atoms with E-state index in [1.807, 2.05) is 13.8 Å². The number of rotatable bonds is 4. The fourth-order valence-electron chi connectivity index (χ4n) is 2.32. The van der Waals surface area contributed by atoms with E-state index in [1.165, 1.54) is 0 Å². The number of aromatic nitrogens is 5. The summed E-state index contributed by atoms with van der Waals surface area (Å²) in [4.78, 5) is 12.8. The van der Waals surface area contributed by atoms with Gasteiger partial charge in [-0.3, -0.25) is 10.1 Å². The number of hydrogen-bond donors (Lipinski definition) is 2. The van der Waals surface area contributed by atoms with E-state index in [4.69, 9.17) is 4.74 Å². The van der Waals surface area contributed by atoms with Gasteiger partial charge in [0.25, 0.3) is 0 Å². The minimum atomic E-state index is -0.00431. The van der Waals surface area contributed by atoms with Crippen LogP contribution in [0.4, 0.5) is 5.82 Å². The van der Waals surface area contributed by atoms with Crippen LogP contribution in [0.1, 0.15) is 36.3 Å². The Morgan fingerprint density at radius 1 is 1.30 bits per heavy atom. The summed E-state index contributed by atoms with van der Waals surface area (Å²) >= 11 is 0. The molecule has 0 aliphatic carbocycles. The van der Waals surface area contributed by atoms with Crippen LogP contribution < -0.4 is 5.32 Å². The van der Waals surface area contributed by atoms with E-state index in [0.29, 0.717) is 0 Å². The van der Waals surface area contributed by atoms with Crippen LogP contribution in [-0.2, 0) is 4.74 Å². The molecule has 1 aliphatic heterocycles. The molecule has 20 heavy (non-hydrogen) atoms. The lowest BCUT2D eigenvalue weighted by atomic mass is 10.2. The monoisotopic (exact) mass is 274 g/mol. The fraction of sp³-hybridized carbons (Fsp3) is 0.538. The van der Waals surface area contributed by atoms with Gasteiger partial charge in [0, 0.05) is 12.7 Å². The highest BCUT2D eigenvalue weighted by atomic mass is 16.5. The third kappa shape index (κ3) is 2.93. The summed E-state index contributed by atoms with van der Waals surface area (Å²) in [6.45, 7) is 4.53. The van der Waals surface area contributed by atoms with E-state index < -0.39 is 0 Å². The number of H-pyrrole nitrogens is 1. The topological polar surface area (TPSA) is 88.6 Å². The molecule has 0 amide bonds. The SMILES string of the molecule is Cc1cncc(NC[C@H]2CC[C@@H](c3n[nH]c(C)n3)O2)n1. The zero-order valence-corrected chi connectivity index (χ0v) is 11.6. The molecule has 0 bridgehead atoms. The average molecular weight is 274 g/mol. The van der Waals surface area contributed by atoms with E-state index in [1.54, 1.807) is 12.4 Å². The van der Waals surface area contributed by atoms with Crippen molar-refractivity contribution in [2.75, 3.05) is 11.9 Å². The molecule has 0 spiro atoms. The Morgan fingerprint density at radius 3 is 2.95 bits per heavy atom. The minimum Gasteiger partial charge on any atom is -0.366 e. The van der Waals surface area contributed by atoms with Crippen molar-refractivity contribution in [3.05, 3.63) is 29.7 Å². The highest BCUT2D eigenvalue weighted by Crippen LogP contribution is 2.30. The van der Waals surface area contributed by atoms with Gasteiger partial charge in [0.2, 0.25) is 0 Å². The number of aryl methyl sites for hydroxylation is 2. The number of nitrogens with one attached hydrogen (secondary N) is 2. The molecule has 106 valence electrons. The second-order valence-corrected chi connectivity index (χ2v) is 5.03. The maximum atomic E-state index is 5.96. The average Bonchev–Trinajstić information content (AvgIpc) is 3.05. The van der Waals surface area contributed by atoms with Gasteiger partial charge in [-0.05, 0) is 26.7 Å². The molecule has 7 heteroatoms. The lowest BCUT2D eigenvalue weighted by molar-refractivity contribution is 0.0471. The van der Waals surface area contributed by atoms with Gasteiger partial charge >= 0.3 is 0 Å². The lowest BCUT2D eigenvalue weighted by Crippen LogP contribution is -2.19. The molecule has 2 aromatic heterocycles. The van der Waals surface area contributed by atoms with E-state index in [-0.39, 0.29) is 12.2 Å². The van der Waals surface area contributed by atoms with Crippen LogP contribution in [0.25, 0.3) is 0 Å². The molecule has 0 saturated carbocycles. The third-order valence-corrected chi connectivity index (χ3v) is 3.28. The van der Waals surface area contributed by atoms with Crippen molar-refractivity contribution >= 4 is 5.82 Å². The molecule has 2 aromatic rings. The Kier molecular flexibility index (Phi) is 3.60. The van der Waals surface area contributed by atoms with Gasteiger partial charge in [-0.2, -0.15) is 5.10 Å². The quantitative estimate of drug-likeness (QED) is 0.879. The first-order valence-corrected chi connectivity index (χ1v) is 6.77. The van der Waals surface area contributed by atoms with Gasteiger partial charge in [-0.1, -0.05) is 0 Å². The fourth-order valence-corrected chi connectivity index (χ4v) is 2.32. The summed E-state index contributed by atoms with van der Waals surface area (Å²) in [7, 11) is 0. The third-order valence-electron chi connectivity index (χ3n) is 3.28. The molecular weight excluding hydrogens is 256 g/mol. The summed E-state index contributed by atoms with van der Waals surface area (Å²) in [6.07, 6.45) is 5.54. The largest absolute Gasteiger partial charge is 0.366 e. The zero-order valence-electron chi connectivity index (χ0n) is 11.6. The van der Waals surface area contributed by atoms with Gasteiger partial charge in [0.1, 0.15) is 17.7 Å². The number of nitrogens with zero attached hydrogens (tertiary/aromatic N) is 4. The Morgan fingerprint density at radius 2 is 2.20 bits per heavy atom. The molecule has 1 fully saturated rings. The maximum Gasteiger partial charge on any atom is 0.179 e. The van der Waals surface area contributed by atoms with Gasteiger partial charge in [-0.15, -0.1) is 0 Å². The van der Waals surface area contributed by atoms with Gasteiger partial charge in [-0.25, -0.2) is 9.97 Å². The van der Waals surface area contributed by atoms with E-state index in [0.717, 1.165) is 42.5 Å². The van der Waals surface area contributed by atoms with Gasteiger partial charge in [0.15, 0.2) is 5.82 Å². The van der Waals surface area contributed by atoms with Crippen molar-refractivity contribution in [3.63, 3.8) is 0 Å². The predicted molar refractivity (Wildman–Crippen MR) is 73.2 cm³/mol. The van der Waals surface area contributed by atoms with Crippen molar-refractivity contribution in [3.8, 4) is 0 Å². The molecule has 1 saturated heterocycles. The molecule has 0 aromatic carbocycles. The number of aromatic amines is 1. The van der Waals surface area contributed by atoms with Crippen molar-refractivity contribution in [2.45, 2.75) is 38.9 Å². The van der Waals surface area contributed by atoms with E-state index in [9.17, 15) is 0 Å². The second kappa shape index (κ2) is 5.54. The minimum absolute atomic E-state index is 0.00431. The Bertz CT molecular complexity index is 584. The summed E-state index contributed by atoms with van der Waals surface area (Å²) in [5.41, 5.74) is 0.899. The normalized spacial score (nSPS) is 22.1.